The fraction of sp³-hybridized carbons (Fsp3) is 0.188. The van der Waals surface area contributed by atoms with Crippen LogP contribution in [0.5, 0.6) is 0 Å². The van der Waals surface area contributed by atoms with Crippen molar-refractivity contribution in [1.29, 1.82) is 0 Å². The number of aromatic carboxylic acids is 1. The summed E-state index contributed by atoms with van der Waals surface area (Å²) in [7, 11) is 0. The lowest BCUT2D eigenvalue weighted by molar-refractivity contribution is -0.141. The Hall–Kier alpha value is -3.13. The fourth-order valence-electron chi connectivity index (χ4n) is 1.98. The normalized spacial score (nSPS) is 11.7. The summed E-state index contributed by atoms with van der Waals surface area (Å²) in [6.07, 6.45) is 1.19. The van der Waals surface area contributed by atoms with E-state index in [0.29, 0.717) is 11.4 Å². The second kappa shape index (κ2) is 7.93. The average Bonchev–Trinajstić information content (AvgIpc) is 3.05. The topological polar surface area (TPSA) is 129 Å². The Bertz CT molecular complexity index is 709. The molecule has 126 valence electrons. The minimum absolute atomic E-state index is 0.0940. The molecule has 0 spiro atoms. The number of carbonyl (C=O) groups is 3. The number of anilines is 1. The molecule has 1 aromatic heterocycles. The summed E-state index contributed by atoms with van der Waals surface area (Å²) in [6.45, 7) is 0.185. The van der Waals surface area contributed by atoms with Crippen molar-refractivity contribution in [3.8, 4) is 0 Å². The molecular weight excluding hydrogens is 316 g/mol. The van der Waals surface area contributed by atoms with Crippen molar-refractivity contribution in [3.05, 3.63) is 54.0 Å². The summed E-state index contributed by atoms with van der Waals surface area (Å²) in [5.74, 6) is -2.16. The Morgan fingerprint density at radius 3 is 2.33 bits per heavy atom. The summed E-state index contributed by atoms with van der Waals surface area (Å²) in [6, 6.07) is 7.87. The van der Waals surface area contributed by atoms with Gasteiger partial charge in [0.25, 0.3) is 0 Å². The lowest BCUT2D eigenvalue weighted by atomic mass is 10.1. The highest BCUT2D eigenvalue weighted by Crippen LogP contribution is 2.10. The van der Waals surface area contributed by atoms with Gasteiger partial charge in [0.1, 0.15) is 11.8 Å². The molecular formula is C16H16N2O6. The third-order valence-electron chi connectivity index (χ3n) is 3.21. The van der Waals surface area contributed by atoms with Crippen LogP contribution >= 0.6 is 0 Å². The first-order valence-electron chi connectivity index (χ1n) is 7.07. The van der Waals surface area contributed by atoms with Crippen LogP contribution in [0.4, 0.5) is 5.69 Å². The molecule has 1 heterocycles. The number of furan rings is 1. The molecule has 2 aromatic rings. The predicted octanol–water partition coefficient (Wildman–Crippen LogP) is 1.55. The smallest absolute Gasteiger partial charge is 0.335 e. The highest BCUT2D eigenvalue weighted by Gasteiger charge is 2.21. The quantitative estimate of drug-likeness (QED) is 0.577. The maximum absolute atomic E-state index is 12.0. The molecule has 1 unspecified atom stereocenters. The molecule has 1 atom stereocenters. The van der Waals surface area contributed by atoms with Gasteiger partial charge < -0.3 is 19.9 Å². The van der Waals surface area contributed by atoms with E-state index >= 15 is 0 Å². The van der Waals surface area contributed by atoms with E-state index < -0.39 is 23.9 Å². The molecule has 1 amide bonds. The number of carboxylic acids is 2. The van der Waals surface area contributed by atoms with Crippen LogP contribution in [0.3, 0.4) is 0 Å². The predicted molar refractivity (Wildman–Crippen MR) is 83.6 cm³/mol. The summed E-state index contributed by atoms with van der Waals surface area (Å²) in [4.78, 5) is 33.9. The van der Waals surface area contributed by atoms with Crippen molar-refractivity contribution in [2.75, 3.05) is 5.32 Å². The Morgan fingerprint density at radius 2 is 1.79 bits per heavy atom. The number of amides is 1. The molecule has 0 fully saturated rings. The third-order valence-corrected chi connectivity index (χ3v) is 3.21. The van der Waals surface area contributed by atoms with Gasteiger partial charge in [0.15, 0.2) is 0 Å². The number of carboxylic acid groups (broad SMARTS) is 2. The van der Waals surface area contributed by atoms with Gasteiger partial charge >= 0.3 is 11.9 Å². The zero-order valence-electron chi connectivity index (χ0n) is 12.6. The molecule has 0 aliphatic heterocycles. The van der Waals surface area contributed by atoms with Gasteiger partial charge in [0, 0.05) is 5.69 Å². The Balaban J connectivity index is 1.90. The lowest BCUT2D eigenvalue weighted by Gasteiger charge is -2.13. The molecule has 8 nitrogen and oxygen atoms in total. The van der Waals surface area contributed by atoms with E-state index in [4.69, 9.17) is 9.52 Å². The highest BCUT2D eigenvalue weighted by molar-refractivity contribution is 5.94. The molecule has 2 rings (SSSR count). The molecule has 8 heteroatoms. The molecule has 0 radical (unpaired) electrons. The third kappa shape index (κ3) is 4.96. The highest BCUT2D eigenvalue weighted by atomic mass is 16.4. The Morgan fingerprint density at radius 1 is 1.08 bits per heavy atom. The van der Waals surface area contributed by atoms with E-state index in [-0.39, 0.29) is 18.5 Å². The standard InChI is InChI=1S/C16H16N2O6/c19-14(18-11-5-3-10(4-6-11)15(20)21)8-13(16(22)23)17-9-12-2-1-7-24-12/h1-7,13,17H,8-9H2,(H,18,19)(H,20,21)(H,22,23). The summed E-state index contributed by atoms with van der Waals surface area (Å²) < 4.78 is 5.09. The average molecular weight is 332 g/mol. The van der Waals surface area contributed by atoms with Gasteiger partial charge in [0.05, 0.1) is 24.8 Å². The minimum Gasteiger partial charge on any atom is -0.480 e. The molecule has 0 aliphatic rings. The zero-order valence-corrected chi connectivity index (χ0v) is 12.6. The maximum atomic E-state index is 12.0. The molecule has 0 bridgehead atoms. The largest absolute Gasteiger partial charge is 0.480 e. The van der Waals surface area contributed by atoms with Crippen molar-refractivity contribution >= 4 is 23.5 Å². The van der Waals surface area contributed by atoms with Gasteiger partial charge in [-0.2, -0.15) is 0 Å². The second-order valence-electron chi connectivity index (χ2n) is 4.99. The van der Waals surface area contributed by atoms with Gasteiger partial charge in [-0.25, -0.2) is 4.79 Å². The minimum atomic E-state index is -1.15. The first kappa shape index (κ1) is 17.2. The van der Waals surface area contributed by atoms with Gasteiger partial charge in [-0.3, -0.25) is 14.9 Å². The molecule has 0 saturated carbocycles. The number of nitrogens with one attached hydrogen (secondary N) is 2. The molecule has 4 N–H and O–H groups in total. The van der Waals surface area contributed by atoms with Gasteiger partial charge in [-0.15, -0.1) is 0 Å². The fourth-order valence-corrected chi connectivity index (χ4v) is 1.98. The molecule has 24 heavy (non-hydrogen) atoms. The molecule has 0 saturated heterocycles. The summed E-state index contributed by atoms with van der Waals surface area (Å²) in [5, 5.41) is 23.2. The van der Waals surface area contributed by atoms with Crippen LogP contribution < -0.4 is 10.6 Å². The summed E-state index contributed by atoms with van der Waals surface area (Å²) >= 11 is 0. The Labute approximate surface area is 137 Å². The van der Waals surface area contributed by atoms with E-state index in [1.54, 1.807) is 12.1 Å². The van der Waals surface area contributed by atoms with Crippen LogP contribution in [0.25, 0.3) is 0 Å². The lowest BCUT2D eigenvalue weighted by Crippen LogP contribution is -2.39. The van der Waals surface area contributed by atoms with Crippen LogP contribution in [-0.4, -0.2) is 34.1 Å². The van der Waals surface area contributed by atoms with Crippen LogP contribution in [0, 0.1) is 0 Å². The van der Waals surface area contributed by atoms with Crippen LogP contribution in [0.1, 0.15) is 22.5 Å². The number of rotatable bonds is 8. The molecule has 0 aliphatic carbocycles. The number of hydrogen-bond donors (Lipinski definition) is 4. The number of carbonyl (C=O) groups excluding carboxylic acids is 1. The van der Waals surface area contributed by atoms with E-state index in [2.05, 4.69) is 10.6 Å². The maximum Gasteiger partial charge on any atom is 0.335 e. The molecule has 1 aromatic carbocycles. The van der Waals surface area contributed by atoms with Crippen LogP contribution in [0.2, 0.25) is 0 Å². The van der Waals surface area contributed by atoms with Gasteiger partial charge in [-0.05, 0) is 36.4 Å². The van der Waals surface area contributed by atoms with Crippen molar-refractivity contribution in [2.24, 2.45) is 0 Å². The van der Waals surface area contributed by atoms with Gasteiger partial charge in [-0.1, -0.05) is 0 Å². The summed E-state index contributed by atoms with van der Waals surface area (Å²) in [5.41, 5.74) is 0.483. The zero-order chi connectivity index (χ0) is 17.5. The number of aliphatic carboxylic acids is 1. The monoisotopic (exact) mass is 332 g/mol. The van der Waals surface area contributed by atoms with Gasteiger partial charge in [0.2, 0.25) is 5.91 Å². The van der Waals surface area contributed by atoms with Crippen LogP contribution in [-0.2, 0) is 16.1 Å². The van der Waals surface area contributed by atoms with Crippen molar-refractivity contribution in [2.45, 2.75) is 19.0 Å². The first-order valence-corrected chi connectivity index (χ1v) is 7.07. The van der Waals surface area contributed by atoms with E-state index in [1.807, 2.05) is 0 Å². The van der Waals surface area contributed by atoms with Crippen molar-refractivity contribution in [1.82, 2.24) is 5.32 Å². The SMILES string of the molecule is O=C(CC(NCc1ccco1)C(=O)O)Nc1ccc(C(=O)O)cc1. The number of benzene rings is 1. The van der Waals surface area contributed by atoms with E-state index in [1.165, 1.54) is 30.5 Å². The Kier molecular flexibility index (Phi) is 5.69. The van der Waals surface area contributed by atoms with Crippen LogP contribution in [0.15, 0.2) is 47.1 Å². The first-order chi connectivity index (χ1) is 11.5. The number of hydrogen-bond acceptors (Lipinski definition) is 5. The van der Waals surface area contributed by atoms with Crippen molar-refractivity contribution < 1.29 is 29.0 Å². The van der Waals surface area contributed by atoms with E-state index in [0.717, 1.165) is 0 Å². The van der Waals surface area contributed by atoms with Crippen molar-refractivity contribution in [3.63, 3.8) is 0 Å². The van der Waals surface area contributed by atoms with E-state index in [9.17, 15) is 19.5 Å². The second-order valence-corrected chi connectivity index (χ2v) is 4.99.